The molecule has 0 spiro atoms. The van der Waals surface area contributed by atoms with Crippen molar-refractivity contribution in [1.82, 2.24) is 5.32 Å². The number of sulfone groups is 1. The second-order valence-corrected chi connectivity index (χ2v) is 8.35. The van der Waals surface area contributed by atoms with Crippen molar-refractivity contribution < 1.29 is 8.42 Å². The number of nitrogens with one attached hydrogen (secondary N) is 1. The first-order chi connectivity index (χ1) is 6.99. The molecule has 0 aromatic rings. The van der Waals surface area contributed by atoms with E-state index < -0.39 is 9.84 Å². The van der Waals surface area contributed by atoms with Crippen molar-refractivity contribution >= 4 is 21.6 Å². The van der Waals surface area contributed by atoms with Gasteiger partial charge in [-0.25, -0.2) is 8.42 Å². The zero-order valence-corrected chi connectivity index (χ0v) is 10.8. The van der Waals surface area contributed by atoms with Gasteiger partial charge < -0.3 is 5.32 Å². The lowest BCUT2D eigenvalue weighted by molar-refractivity contribution is 0.365. The summed E-state index contributed by atoms with van der Waals surface area (Å²) in [6, 6.07) is 0. The molecule has 3 nitrogen and oxygen atoms in total. The summed E-state index contributed by atoms with van der Waals surface area (Å²) in [5.74, 6) is 3.92. The van der Waals surface area contributed by atoms with Gasteiger partial charge in [-0.2, -0.15) is 11.8 Å². The zero-order chi connectivity index (χ0) is 10.9. The first-order valence-electron chi connectivity index (χ1n) is 5.52. The minimum absolute atomic E-state index is 0.161. The van der Waals surface area contributed by atoms with E-state index in [4.69, 9.17) is 0 Å². The third-order valence-electron chi connectivity index (χ3n) is 3.34. The Morgan fingerprint density at radius 1 is 1.53 bits per heavy atom. The molecule has 2 aliphatic heterocycles. The molecule has 2 unspecified atom stereocenters. The molecular weight excluding hydrogens is 230 g/mol. The van der Waals surface area contributed by atoms with Crippen LogP contribution in [-0.2, 0) is 9.84 Å². The van der Waals surface area contributed by atoms with Gasteiger partial charge in [0, 0.05) is 5.54 Å². The van der Waals surface area contributed by atoms with Gasteiger partial charge in [0.15, 0.2) is 9.84 Å². The maximum absolute atomic E-state index is 11.4. The zero-order valence-electron chi connectivity index (χ0n) is 9.16. The largest absolute Gasteiger partial charge is 0.310 e. The maximum atomic E-state index is 11.4. The van der Waals surface area contributed by atoms with E-state index in [9.17, 15) is 8.42 Å². The average Bonchev–Trinajstić information content (AvgIpc) is 2.71. The molecule has 0 bridgehead atoms. The quantitative estimate of drug-likeness (QED) is 0.807. The van der Waals surface area contributed by atoms with Crippen LogP contribution in [0.1, 0.15) is 19.8 Å². The van der Waals surface area contributed by atoms with Gasteiger partial charge in [0.25, 0.3) is 0 Å². The van der Waals surface area contributed by atoms with E-state index in [0.717, 1.165) is 18.9 Å². The van der Waals surface area contributed by atoms with E-state index in [0.29, 0.717) is 11.5 Å². The lowest BCUT2D eigenvalue weighted by atomic mass is 10.0. The summed E-state index contributed by atoms with van der Waals surface area (Å²) in [5, 5.41) is 3.46. The number of hydrogen-bond acceptors (Lipinski definition) is 4. The molecule has 2 rings (SSSR count). The van der Waals surface area contributed by atoms with Gasteiger partial charge in [-0.05, 0) is 43.7 Å². The van der Waals surface area contributed by atoms with Crippen LogP contribution in [0.4, 0.5) is 0 Å². The fourth-order valence-corrected chi connectivity index (χ4v) is 5.69. The summed E-state index contributed by atoms with van der Waals surface area (Å²) in [6.45, 7) is 3.03. The summed E-state index contributed by atoms with van der Waals surface area (Å²) in [6.07, 6.45) is 2.05. The molecule has 0 saturated carbocycles. The monoisotopic (exact) mass is 249 g/mol. The molecule has 2 saturated heterocycles. The highest BCUT2D eigenvalue weighted by atomic mass is 32.2. The van der Waals surface area contributed by atoms with Crippen LogP contribution in [0, 0.1) is 5.92 Å². The minimum Gasteiger partial charge on any atom is -0.310 e. The molecule has 0 aromatic carbocycles. The van der Waals surface area contributed by atoms with Crippen LogP contribution in [0.3, 0.4) is 0 Å². The van der Waals surface area contributed by atoms with E-state index in [2.05, 4.69) is 5.32 Å². The normalized spacial score (nSPS) is 39.7. The fraction of sp³-hybridized carbons (Fsp3) is 1.00. The Labute approximate surface area is 96.3 Å². The van der Waals surface area contributed by atoms with E-state index in [1.165, 1.54) is 17.9 Å². The van der Waals surface area contributed by atoms with E-state index in [1.54, 1.807) is 0 Å². The number of thioether (sulfide) groups is 1. The summed E-state index contributed by atoms with van der Waals surface area (Å²) in [5.41, 5.74) is -0.161. The Morgan fingerprint density at radius 2 is 2.33 bits per heavy atom. The Balaban J connectivity index is 1.83. The van der Waals surface area contributed by atoms with Gasteiger partial charge in [0.2, 0.25) is 0 Å². The third kappa shape index (κ3) is 3.11. The molecule has 88 valence electrons. The van der Waals surface area contributed by atoms with Gasteiger partial charge >= 0.3 is 0 Å². The summed E-state index contributed by atoms with van der Waals surface area (Å²) in [7, 11) is -2.77. The molecule has 1 N–H and O–H groups in total. The standard InChI is InChI=1S/C10H19NO2S2/c1-10(3-5-15(12,13)8-10)11-6-9-2-4-14-7-9/h9,11H,2-8H2,1H3. The van der Waals surface area contributed by atoms with Crippen molar-refractivity contribution in [3.05, 3.63) is 0 Å². The van der Waals surface area contributed by atoms with Crippen LogP contribution < -0.4 is 5.32 Å². The molecular formula is C10H19NO2S2. The summed E-state index contributed by atoms with van der Waals surface area (Å²) in [4.78, 5) is 0. The minimum atomic E-state index is -2.77. The van der Waals surface area contributed by atoms with Crippen LogP contribution in [0.25, 0.3) is 0 Å². The second-order valence-electron chi connectivity index (χ2n) is 5.01. The molecule has 15 heavy (non-hydrogen) atoms. The van der Waals surface area contributed by atoms with Crippen molar-refractivity contribution in [2.75, 3.05) is 29.6 Å². The predicted molar refractivity (Wildman–Crippen MR) is 65.1 cm³/mol. The maximum Gasteiger partial charge on any atom is 0.152 e. The summed E-state index contributed by atoms with van der Waals surface area (Å²) >= 11 is 2.01. The lowest BCUT2D eigenvalue weighted by Gasteiger charge is -2.25. The first kappa shape index (κ1) is 11.7. The molecule has 2 atom stereocenters. The summed E-state index contributed by atoms with van der Waals surface area (Å²) < 4.78 is 22.8. The molecule has 0 aromatic heterocycles. The fourth-order valence-electron chi connectivity index (χ4n) is 2.28. The highest BCUT2D eigenvalue weighted by Crippen LogP contribution is 2.26. The Morgan fingerprint density at radius 3 is 2.87 bits per heavy atom. The van der Waals surface area contributed by atoms with Crippen LogP contribution >= 0.6 is 11.8 Å². The van der Waals surface area contributed by atoms with Crippen LogP contribution in [0.5, 0.6) is 0 Å². The Bertz CT molecular complexity index is 322. The van der Waals surface area contributed by atoms with Gasteiger partial charge in [-0.15, -0.1) is 0 Å². The molecule has 0 radical (unpaired) electrons. The van der Waals surface area contributed by atoms with E-state index in [-0.39, 0.29) is 5.54 Å². The molecule has 2 heterocycles. The SMILES string of the molecule is CC1(NCC2CCSC2)CCS(=O)(=O)C1. The smallest absolute Gasteiger partial charge is 0.152 e. The molecule has 0 amide bonds. The Kier molecular flexibility index (Phi) is 3.33. The highest BCUT2D eigenvalue weighted by molar-refractivity contribution is 7.99. The van der Waals surface area contributed by atoms with E-state index in [1.807, 2.05) is 18.7 Å². The number of hydrogen-bond donors (Lipinski definition) is 1. The average molecular weight is 249 g/mol. The predicted octanol–water partition coefficient (Wildman–Crippen LogP) is 0.906. The number of rotatable bonds is 3. The van der Waals surface area contributed by atoms with Crippen LogP contribution in [-0.4, -0.2) is 43.5 Å². The molecule has 5 heteroatoms. The molecule has 2 aliphatic rings. The highest BCUT2D eigenvalue weighted by Gasteiger charge is 2.38. The van der Waals surface area contributed by atoms with Gasteiger partial charge in [0.1, 0.15) is 0 Å². The second kappa shape index (κ2) is 4.26. The van der Waals surface area contributed by atoms with Gasteiger partial charge in [-0.3, -0.25) is 0 Å². The van der Waals surface area contributed by atoms with Crippen molar-refractivity contribution in [1.29, 1.82) is 0 Å². The van der Waals surface area contributed by atoms with Crippen molar-refractivity contribution in [3.63, 3.8) is 0 Å². The van der Waals surface area contributed by atoms with Crippen LogP contribution in [0.2, 0.25) is 0 Å². The first-order valence-corrected chi connectivity index (χ1v) is 8.50. The van der Waals surface area contributed by atoms with E-state index >= 15 is 0 Å². The van der Waals surface area contributed by atoms with Crippen molar-refractivity contribution in [2.24, 2.45) is 5.92 Å². The van der Waals surface area contributed by atoms with Crippen molar-refractivity contribution in [2.45, 2.75) is 25.3 Å². The van der Waals surface area contributed by atoms with Crippen molar-refractivity contribution in [3.8, 4) is 0 Å². The topological polar surface area (TPSA) is 46.2 Å². The third-order valence-corrected chi connectivity index (χ3v) is 6.48. The molecule has 0 aliphatic carbocycles. The van der Waals surface area contributed by atoms with Crippen LogP contribution in [0.15, 0.2) is 0 Å². The Hall–Kier alpha value is 0.260. The molecule has 2 fully saturated rings. The van der Waals surface area contributed by atoms with Gasteiger partial charge in [0.05, 0.1) is 11.5 Å². The lowest BCUT2D eigenvalue weighted by Crippen LogP contribution is -2.45. The van der Waals surface area contributed by atoms with Gasteiger partial charge in [-0.1, -0.05) is 0 Å².